The predicted molar refractivity (Wildman–Crippen MR) is 88.3 cm³/mol. The molecule has 128 valence electrons. The molecule has 3 rings (SSSR count). The first-order valence-corrected chi connectivity index (χ1v) is 8.48. The van der Waals surface area contributed by atoms with Gasteiger partial charge in [0, 0.05) is 38.3 Å². The number of likely N-dealkylation sites (N-methyl/N-ethyl adjacent to an activating group) is 1. The highest BCUT2D eigenvalue weighted by Gasteiger charge is 2.41. The summed E-state index contributed by atoms with van der Waals surface area (Å²) in [7, 11) is 4.08. The highest BCUT2D eigenvalue weighted by Crippen LogP contribution is 2.25. The SMILES string of the molecule is Cc1nn(C)c(C)c1CC(C)C(=O)N1CC2OCCN(C)C2C1. The molecule has 3 atom stereocenters. The zero-order chi connectivity index (χ0) is 16.7. The van der Waals surface area contributed by atoms with E-state index in [0.717, 1.165) is 44.0 Å². The van der Waals surface area contributed by atoms with Gasteiger partial charge >= 0.3 is 0 Å². The first-order chi connectivity index (χ1) is 10.9. The topological polar surface area (TPSA) is 50.6 Å². The number of hydrogen-bond acceptors (Lipinski definition) is 4. The number of ether oxygens (including phenoxy) is 1. The number of nitrogens with zero attached hydrogens (tertiary/aromatic N) is 4. The minimum atomic E-state index is -0.0259. The van der Waals surface area contributed by atoms with E-state index in [2.05, 4.69) is 24.0 Å². The summed E-state index contributed by atoms with van der Waals surface area (Å²) in [6.45, 7) is 9.35. The van der Waals surface area contributed by atoms with Gasteiger partial charge in [-0.1, -0.05) is 6.92 Å². The third-order valence-corrected chi connectivity index (χ3v) is 5.48. The van der Waals surface area contributed by atoms with Crippen molar-refractivity contribution >= 4 is 5.91 Å². The third-order valence-electron chi connectivity index (χ3n) is 5.48. The fraction of sp³-hybridized carbons (Fsp3) is 0.765. The maximum atomic E-state index is 12.9. The van der Waals surface area contributed by atoms with Crippen LogP contribution in [0.2, 0.25) is 0 Å². The average molecular weight is 320 g/mol. The zero-order valence-corrected chi connectivity index (χ0v) is 14.9. The molecule has 0 saturated carbocycles. The normalized spacial score (nSPS) is 26.4. The summed E-state index contributed by atoms with van der Waals surface area (Å²) in [6.07, 6.45) is 0.930. The molecule has 1 aromatic rings. The molecule has 2 aliphatic heterocycles. The molecule has 1 amide bonds. The van der Waals surface area contributed by atoms with Crippen molar-refractivity contribution in [2.24, 2.45) is 13.0 Å². The van der Waals surface area contributed by atoms with Gasteiger partial charge in [-0.3, -0.25) is 14.4 Å². The highest BCUT2D eigenvalue weighted by atomic mass is 16.5. The molecule has 0 spiro atoms. The van der Waals surface area contributed by atoms with Gasteiger partial charge < -0.3 is 9.64 Å². The molecule has 2 aliphatic rings. The molecule has 0 bridgehead atoms. The van der Waals surface area contributed by atoms with E-state index < -0.39 is 0 Å². The van der Waals surface area contributed by atoms with E-state index in [0.29, 0.717) is 6.04 Å². The van der Waals surface area contributed by atoms with Crippen LogP contribution < -0.4 is 0 Å². The number of morpholine rings is 1. The smallest absolute Gasteiger partial charge is 0.225 e. The summed E-state index contributed by atoms with van der Waals surface area (Å²) in [5, 5.41) is 4.45. The Labute approximate surface area is 138 Å². The van der Waals surface area contributed by atoms with Gasteiger partial charge in [-0.25, -0.2) is 0 Å². The Bertz CT molecular complexity index is 598. The van der Waals surface area contributed by atoms with Crippen LogP contribution in [0.25, 0.3) is 0 Å². The van der Waals surface area contributed by atoms with E-state index >= 15 is 0 Å². The molecule has 2 saturated heterocycles. The molecule has 0 radical (unpaired) electrons. The van der Waals surface area contributed by atoms with Crippen LogP contribution >= 0.6 is 0 Å². The Kier molecular flexibility index (Phi) is 4.47. The Morgan fingerprint density at radius 1 is 1.35 bits per heavy atom. The van der Waals surface area contributed by atoms with Crippen LogP contribution in [0.15, 0.2) is 0 Å². The van der Waals surface area contributed by atoms with E-state index in [1.807, 2.05) is 30.5 Å². The number of carbonyl (C=O) groups is 1. The van der Waals surface area contributed by atoms with Crippen LogP contribution in [-0.4, -0.2) is 70.9 Å². The number of amides is 1. The van der Waals surface area contributed by atoms with Gasteiger partial charge in [0.1, 0.15) is 0 Å². The standard InChI is InChI=1S/C17H28N4O2/c1-11(8-14-12(2)18-20(5)13(14)3)17(22)21-9-15-16(10-21)23-7-6-19(15)4/h11,15-16H,6-10H2,1-5H3. The number of hydrogen-bond donors (Lipinski definition) is 0. The second kappa shape index (κ2) is 6.24. The van der Waals surface area contributed by atoms with E-state index in [4.69, 9.17) is 4.74 Å². The molecule has 3 heterocycles. The largest absolute Gasteiger partial charge is 0.373 e. The molecule has 0 aliphatic carbocycles. The van der Waals surface area contributed by atoms with Crippen molar-refractivity contribution in [1.82, 2.24) is 19.6 Å². The van der Waals surface area contributed by atoms with Crippen molar-refractivity contribution in [3.63, 3.8) is 0 Å². The van der Waals surface area contributed by atoms with Gasteiger partial charge in [-0.2, -0.15) is 5.10 Å². The zero-order valence-electron chi connectivity index (χ0n) is 14.9. The molecule has 0 N–H and O–H groups in total. The van der Waals surface area contributed by atoms with Crippen molar-refractivity contribution in [2.45, 2.75) is 39.3 Å². The number of likely N-dealkylation sites (tertiary alicyclic amines) is 1. The Morgan fingerprint density at radius 2 is 2.09 bits per heavy atom. The summed E-state index contributed by atoms with van der Waals surface area (Å²) in [4.78, 5) is 17.2. The van der Waals surface area contributed by atoms with Crippen molar-refractivity contribution < 1.29 is 9.53 Å². The number of aromatic nitrogens is 2. The molecular formula is C17H28N4O2. The van der Waals surface area contributed by atoms with Gasteiger partial charge in [0.05, 0.1) is 24.4 Å². The molecule has 2 fully saturated rings. The Hall–Kier alpha value is -1.40. The fourth-order valence-electron chi connectivity index (χ4n) is 3.86. The van der Waals surface area contributed by atoms with E-state index in [9.17, 15) is 4.79 Å². The lowest BCUT2D eigenvalue weighted by Crippen LogP contribution is -2.48. The quantitative estimate of drug-likeness (QED) is 0.825. The van der Waals surface area contributed by atoms with Gasteiger partial charge in [0.15, 0.2) is 0 Å². The first kappa shape index (κ1) is 16.5. The van der Waals surface area contributed by atoms with Crippen LogP contribution in [0.5, 0.6) is 0 Å². The second-order valence-electron chi connectivity index (χ2n) is 7.08. The van der Waals surface area contributed by atoms with Crippen LogP contribution in [-0.2, 0) is 23.0 Å². The molecule has 3 unspecified atom stereocenters. The lowest BCUT2D eigenvalue weighted by Gasteiger charge is -2.33. The lowest BCUT2D eigenvalue weighted by atomic mass is 9.98. The minimum Gasteiger partial charge on any atom is -0.373 e. The van der Waals surface area contributed by atoms with Crippen molar-refractivity contribution in [1.29, 1.82) is 0 Å². The fourth-order valence-corrected chi connectivity index (χ4v) is 3.86. The molecule has 0 aromatic carbocycles. The maximum Gasteiger partial charge on any atom is 0.225 e. The minimum absolute atomic E-state index is 0.0259. The number of fused-ring (bicyclic) bond motifs is 1. The number of aryl methyl sites for hydroxylation is 2. The van der Waals surface area contributed by atoms with Crippen LogP contribution in [0.1, 0.15) is 23.9 Å². The summed E-state index contributed by atoms with van der Waals surface area (Å²) >= 11 is 0. The summed E-state index contributed by atoms with van der Waals surface area (Å²) in [5.74, 6) is 0.209. The Balaban J connectivity index is 1.66. The van der Waals surface area contributed by atoms with Crippen LogP contribution in [0, 0.1) is 19.8 Å². The molecular weight excluding hydrogens is 292 g/mol. The monoisotopic (exact) mass is 320 g/mol. The van der Waals surface area contributed by atoms with E-state index in [1.54, 1.807) is 0 Å². The predicted octanol–water partition coefficient (Wildman–Crippen LogP) is 0.757. The summed E-state index contributed by atoms with van der Waals surface area (Å²) < 4.78 is 7.74. The maximum absolute atomic E-state index is 12.9. The van der Waals surface area contributed by atoms with E-state index in [-0.39, 0.29) is 17.9 Å². The van der Waals surface area contributed by atoms with Crippen molar-refractivity contribution in [3.05, 3.63) is 17.0 Å². The summed E-state index contributed by atoms with van der Waals surface area (Å²) in [6, 6.07) is 0.349. The van der Waals surface area contributed by atoms with Crippen LogP contribution in [0.4, 0.5) is 0 Å². The molecule has 6 nitrogen and oxygen atoms in total. The highest BCUT2D eigenvalue weighted by molar-refractivity contribution is 5.79. The lowest BCUT2D eigenvalue weighted by molar-refractivity contribution is -0.134. The second-order valence-corrected chi connectivity index (χ2v) is 7.08. The third kappa shape index (κ3) is 3.02. The van der Waals surface area contributed by atoms with Gasteiger partial charge in [0.25, 0.3) is 0 Å². The number of carbonyl (C=O) groups excluding carboxylic acids is 1. The van der Waals surface area contributed by atoms with Gasteiger partial charge in [-0.05, 0) is 32.9 Å². The average Bonchev–Trinajstić information content (AvgIpc) is 3.04. The van der Waals surface area contributed by atoms with Crippen molar-refractivity contribution in [2.75, 3.05) is 33.3 Å². The Morgan fingerprint density at radius 3 is 2.70 bits per heavy atom. The molecule has 23 heavy (non-hydrogen) atoms. The van der Waals surface area contributed by atoms with Gasteiger partial charge in [-0.15, -0.1) is 0 Å². The molecule has 6 heteroatoms. The van der Waals surface area contributed by atoms with Crippen LogP contribution in [0.3, 0.4) is 0 Å². The van der Waals surface area contributed by atoms with E-state index in [1.165, 1.54) is 5.56 Å². The molecule has 1 aromatic heterocycles. The van der Waals surface area contributed by atoms with Gasteiger partial charge in [0.2, 0.25) is 5.91 Å². The summed E-state index contributed by atoms with van der Waals surface area (Å²) in [5.41, 5.74) is 3.39. The van der Waals surface area contributed by atoms with Crippen molar-refractivity contribution in [3.8, 4) is 0 Å². The number of rotatable bonds is 3. The first-order valence-electron chi connectivity index (χ1n) is 8.48.